The molecule has 0 saturated carbocycles. The summed E-state index contributed by atoms with van der Waals surface area (Å²) in [5, 5.41) is 11.5. The highest BCUT2D eigenvalue weighted by molar-refractivity contribution is 7.17. The molecule has 2 heterocycles. The molecule has 4 rings (SSSR count). The molecule has 1 aromatic heterocycles. The van der Waals surface area contributed by atoms with Gasteiger partial charge in [-0.15, -0.1) is 0 Å². The van der Waals surface area contributed by atoms with Gasteiger partial charge in [-0.25, -0.2) is 9.78 Å². The molecule has 180 valence electrons. The fourth-order valence-corrected chi connectivity index (χ4v) is 5.03. The Kier molecular flexibility index (Phi) is 6.70. The van der Waals surface area contributed by atoms with E-state index in [1.807, 2.05) is 19.9 Å². The summed E-state index contributed by atoms with van der Waals surface area (Å²) in [5.41, 5.74) is 2.10. The van der Waals surface area contributed by atoms with Crippen molar-refractivity contribution in [1.82, 2.24) is 4.98 Å². The minimum Gasteiger partial charge on any atom is -0.507 e. The maximum atomic E-state index is 13.3. The quantitative estimate of drug-likeness (QED) is 0.232. The Labute approximate surface area is 206 Å². The molecule has 2 aromatic carbocycles. The van der Waals surface area contributed by atoms with E-state index in [0.29, 0.717) is 29.2 Å². The first-order valence-electron chi connectivity index (χ1n) is 10.9. The van der Waals surface area contributed by atoms with Gasteiger partial charge in [0, 0.05) is 5.56 Å². The van der Waals surface area contributed by atoms with E-state index in [9.17, 15) is 19.5 Å². The fourth-order valence-electron chi connectivity index (χ4n) is 4.02. The van der Waals surface area contributed by atoms with Crippen LogP contribution in [0.15, 0.2) is 54.1 Å². The molecule has 8 nitrogen and oxygen atoms in total. The van der Waals surface area contributed by atoms with Gasteiger partial charge in [0.1, 0.15) is 16.4 Å². The molecular weight excluding hydrogens is 468 g/mol. The van der Waals surface area contributed by atoms with Gasteiger partial charge in [0.15, 0.2) is 5.13 Å². The first-order chi connectivity index (χ1) is 16.8. The number of aromatic nitrogens is 1. The van der Waals surface area contributed by atoms with Crippen molar-refractivity contribution in [1.29, 1.82) is 0 Å². The highest BCUT2D eigenvalue weighted by atomic mass is 32.1. The average molecular weight is 493 g/mol. The van der Waals surface area contributed by atoms with Gasteiger partial charge in [-0.2, -0.15) is 0 Å². The number of aliphatic hydroxyl groups excluding tert-OH is 1. The van der Waals surface area contributed by atoms with Gasteiger partial charge in [-0.1, -0.05) is 41.7 Å². The Morgan fingerprint density at radius 1 is 1.14 bits per heavy atom. The topological polar surface area (TPSA) is 106 Å². The number of amides is 1. The minimum absolute atomic E-state index is 0.0581. The number of hydrogen-bond donors (Lipinski definition) is 1. The largest absolute Gasteiger partial charge is 0.507 e. The van der Waals surface area contributed by atoms with Crippen LogP contribution >= 0.6 is 11.3 Å². The second kappa shape index (κ2) is 9.71. The molecule has 9 heteroatoms. The molecular formula is C26H24N2O6S. The van der Waals surface area contributed by atoms with Gasteiger partial charge in [-0.05, 0) is 50.1 Å². The summed E-state index contributed by atoms with van der Waals surface area (Å²) in [4.78, 5) is 44.5. The summed E-state index contributed by atoms with van der Waals surface area (Å²) >= 11 is 0.960. The second-order valence-electron chi connectivity index (χ2n) is 7.90. The number of anilines is 1. The number of carbonyl (C=O) groups is 3. The number of aryl methyl sites for hydroxylation is 2. The molecule has 3 aromatic rings. The first kappa shape index (κ1) is 24.2. The normalized spacial score (nSPS) is 17.0. The summed E-state index contributed by atoms with van der Waals surface area (Å²) in [6.07, 6.45) is 0. The summed E-state index contributed by atoms with van der Waals surface area (Å²) in [7, 11) is 1.26. The molecule has 0 spiro atoms. The number of esters is 1. The smallest absolute Gasteiger partial charge is 0.350 e. The summed E-state index contributed by atoms with van der Waals surface area (Å²) in [5.74, 6) is -1.89. The molecule has 0 aliphatic carbocycles. The lowest BCUT2D eigenvalue weighted by Crippen LogP contribution is -2.29. The van der Waals surface area contributed by atoms with Crippen LogP contribution in [0.1, 0.15) is 45.0 Å². The standard InChI is InChI=1S/C26H24N2O6S/c1-5-34-18-12-11-17(13-14(18)2)21(29)19-20(16-9-7-6-8-10-16)28(24(31)22(19)30)26-27-15(3)23(35-26)25(32)33-4/h6-13,20,29H,5H2,1-4H3/t20-/m1/s1. The number of hydrogen-bond acceptors (Lipinski definition) is 8. The van der Waals surface area contributed by atoms with E-state index in [1.165, 1.54) is 12.0 Å². The molecule has 1 amide bonds. The van der Waals surface area contributed by atoms with Gasteiger partial charge in [-0.3, -0.25) is 14.5 Å². The third kappa shape index (κ3) is 4.30. The maximum Gasteiger partial charge on any atom is 0.350 e. The Bertz CT molecular complexity index is 1350. The lowest BCUT2D eigenvalue weighted by Gasteiger charge is -2.23. The van der Waals surface area contributed by atoms with Gasteiger partial charge < -0.3 is 14.6 Å². The van der Waals surface area contributed by atoms with Crippen molar-refractivity contribution in [3.63, 3.8) is 0 Å². The van der Waals surface area contributed by atoms with E-state index in [2.05, 4.69) is 4.98 Å². The lowest BCUT2D eigenvalue weighted by molar-refractivity contribution is -0.132. The van der Waals surface area contributed by atoms with Crippen molar-refractivity contribution in [2.45, 2.75) is 26.8 Å². The van der Waals surface area contributed by atoms with Crippen LogP contribution in [0.2, 0.25) is 0 Å². The van der Waals surface area contributed by atoms with Crippen molar-refractivity contribution < 1.29 is 29.0 Å². The summed E-state index contributed by atoms with van der Waals surface area (Å²) in [6.45, 7) is 5.83. The molecule has 1 fully saturated rings. The number of Topliss-reactive ketones (excluding diaryl/α,β-unsaturated/α-hetero) is 1. The third-order valence-corrected chi connectivity index (χ3v) is 6.81. The van der Waals surface area contributed by atoms with Crippen molar-refractivity contribution in [2.24, 2.45) is 0 Å². The number of aliphatic hydroxyl groups is 1. The van der Waals surface area contributed by atoms with E-state index in [4.69, 9.17) is 9.47 Å². The number of benzene rings is 2. The van der Waals surface area contributed by atoms with Gasteiger partial charge in [0.2, 0.25) is 0 Å². The van der Waals surface area contributed by atoms with E-state index in [0.717, 1.165) is 16.9 Å². The van der Waals surface area contributed by atoms with Crippen molar-refractivity contribution in [2.75, 3.05) is 18.6 Å². The van der Waals surface area contributed by atoms with Gasteiger partial charge in [0.05, 0.1) is 31.0 Å². The van der Waals surface area contributed by atoms with Crippen LogP contribution in [0, 0.1) is 13.8 Å². The van der Waals surface area contributed by atoms with Crippen LogP contribution in [0.5, 0.6) is 5.75 Å². The number of ketones is 1. The predicted octanol–water partition coefficient (Wildman–Crippen LogP) is 4.57. The molecule has 1 saturated heterocycles. The van der Waals surface area contributed by atoms with Crippen LogP contribution < -0.4 is 9.64 Å². The molecule has 0 radical (unpaired) electrons. The zero-order chi connectivity index (χ0) is 25.3. The summed E-state index contributed by atoms with van der Waals surface area (Å²) in [6, 6.07) is 13.0. The number of thiazole rings is 1. The lowest BCUT2D eigenvalue weighted by atomic mass is 9.95. The van der Waals surface area contributed by atoms with E-state index in [-0.39, 0.29) is 21.3 Å². The highest BCUT2D eigenvalue weighted by Gasteiger charge is 2.48. The average Bonchev–Trinajstić information content (AvgIpc) is 3.36. The number of ether oxygens (including phenoxy) is 2. The summed E-state index contributed by atoms with van der Waals surface area (Å²) < 4.78 is 10.4. The maximum absolute atomic E-state index is 13.3. The van der Waals surface area contributed by atoms with Crippen molar-refractivity contribution >= 4 is 39.9 Å². The molecule has 1 N–H and O–H groups in total. The van der Waals surface area contributed by atoms with Gasteiger partial charge >= 0.3 is 11.9 Å². The van der Waals surface area contributed by atoms with E-state index < -0.39 is 23.7 Å². The molecule has 0 bridgehead atoms. The van der Waals surface area contributed by atoms with Crippen LogP contribution in [0.4, 0.5) is 5.13 Å². The number of methoxy groups -OCH3 is 1. The zero-order valence-electron chi connectivity index (χ0n) is 19.7. The molecule has 35 heavy (non-hydrogen) atoms. The Morgan fingerprint density at radius 2 is 1.86 bits per heavy atom. The first-order valence-corrected chi connectivity index (χ1v) is 11.8. The van der Waals surface area contributed by atoms with E-state index >= 15 is 0 Å². The fraction of sp³-hybridized carbons (Fsp3) is 0.231. The molecule has 1 atom stereocenters. The van der Waals surface area contributed by atoms with Crippen LogP contribution in [-0.4, -0.2) is 41.5 Å². The molecule has 0 unspecified atom stereocenters. The Balaban J connectivity index is 1.90. The van der Waals surface area contributed by atoms with Gasteiger partial charge in [0.25, 0.3) is 5.78 Å². The van der Waals surface area contributed by atoms with Crippen LogP contribution in [-0.2, 0) is 14.3 Å². The minimum atomic E-state index is -0.931. The Hall–Kier alpha value is -3.98. The Morgan fingerprint density at radius 3 is 2.49 bits per heavy atom. The molecule has 1 aliphatic rings. The van der Waals surface area contributed by atoms with Crippen LogP contribution in [0.3, 0.4) is 0 Å². The number of carbonyl (C=O) groups excluding carboxylic acids is 3. The number of nitrogens with zero attached hydrogens (tertiary/aromatic N) is 2. The van der Waals surface area contributed by atoms with Crippen molar-refractivity contribution in [3.05, 3.63) is 81.4 Å². The van der Waals surface area contributed by atoms with Crippen molar-refractivity contribution in [3.8, 4) is 5.75 Å². The molecule has 1 aliphatic heterocycles. The SMILES string of the molecule is CCOc1ccc(C(O)=C2C(=O)C(=O)N(c3nc(C)c(C(=O)OC)s3)[C@@H]2c2ccccc2)cc1C. The second-order valence-corrected chi connectivity index (χ2v) is 8.87. The van der Waals surface area contributed by atoms with E-state index in [1.54, 1.807) is 49.4 Å². The number of rotatable bonds is 6. The highest BCUT2D eigenvalue weighted by Crippen LogP contribution is 2.44. The zero-order valence-corrected chi connectivity index (χ0v) is 20.5. The van der Waals surface area contributed by atoms with Crippen LogP contribution in [0.25, 0.3) is 5.76 Å². The third-order valence-electron chi connectivity index (χ3n) is 5.67. The monoisotopic (exact) mass is 492 g/mol. The predicted molar refractivity (Wildman–Crippen MR) is 132 cm³/mol.